The smallest absolute Gasteiger partial charge is 0.0233 e. The SMILES string of the molecule is C[C@@H]1C[C@H]2CN(Cc3ccccc3)C[C@H]2CN1. The standard InChI is InChI=1S/C15H22N2/c1-12-7-14-10-17(11-15(14)8-16-12)9-13-5-3-2-4-6-13/h2-6,12,14-16H,7-11H2,1H3/t12-,14+,15-/m1/s1. The van der Waals surface area contributed by atoms with Gasteiger partial charge in [-0.3, -0.25) is 4.90 Å². The number of hydrogen-bond donors (Lipinski definition) is 1. The molecule has 1 N–H and O–H groups in total. The van der Waals surface area contributed by atoms with Gasteiger partial charge in [0.2, 0.25) is 0 Å². The molecule has 0 radical (unpaired) electrons. The zero-order valence-corrected chi connectivity index (χ0v) is 10.6. The molecule has 3 rings (SSSR count). The van der Waals surface area contributed by atoms with E-state index in [-0.39, 0.29) is 0 Å². The number of likely N-dealkylation sites (tertiary alicyclic amines) is 1. The highest BCUT2D eigenvalue weighted by atomic mass is 15.2. The molecule has 2 heteroatoms. The van der Waals surface area contributed by atoms with E-state index in [9.17, 15) is 0 Å². The third-order valence-electron chi connectivity index (χ3n) is 4.29. The van der Waals surface area contributed by atoms with E-state index >= 15 is 0 Å². The molecule has 2 aliphatic heterocycles. The Balaban J connectivity index is 1.60. The zero-order valence-electron chi connectivity index (χ0n) is 10.6. The van der Waals surface area contributed by atoms with Crippen molar-refractivity contribution in [1.82, 2.24) is 10.2 Å². The summed E-state index contributed by atoms with van der Waals surface area (Å²) in [5.41, 5.74) is 1.45. The van der Waals surface area contributed by atoms with E-state index in [4.69, 9.17) is 0 Å². The van der Waals surface area contributed by atoms with Crippen LogP contribution in [0.1, 0.15) is 18.9 Å². The summed E-state index contributed by atoms with van der Waals surface area (Å²) in [5.74, 6) is 1.81. The molecule has 0 saturated carbocycles. The fourth-order valence-corrected chi connectivity index (χ4v) is 3.39. The van der Waals surface area contributed by atoms with Crippen LogP contribution in [0.25, 0.3) is 0 Å². The van der Waals surface area contributed by atoms with E-state index < -0.39 is 0 Å². The van der Waals surface area contributed by atoms with Crippen LogP contribution < -0.4 is 5.32 Å². The predicted octanol–water partition coefficient (Wildman–Crippen LogP) is 2.12. The minimum Gasteiger partial charge on any atom is -0.314 e. The fourth-order valence-electron chi connectivity index (χ4n) is 3.39. The molecule has 2 aliphatic rings. The van der Waals surface area contributed by atoms with E-state index in [0.717, 1.165) is 18.4 Å². The van der Waals surface area contributed by atoms with Crippen molar-refractivity contribution in [2.75, 3.05) is 19.6 Å². The van der Waals surface area contributed by atoms with Crippen LogP contribution in [0.4, 0.5) is 0 Å². The first-order valence-electron chi connectivity index (χ1n) is 6.81. The maximum atomic E-state index is 3.61. The number of piperidine rings is 1. The molecule has 0 aliphatic carbocycles. The summed E-state index contributed by atoms with van der Waals surface area (Å²) in [7, 11) is 0. The van der Waals surface area contributed by atoms with Gasteiger partial charge in [-0.05, 0) is 37.3 Å². The van der Waals surface area contributed by atoms with E-state index in [1.165, 1.54) is 31.6 Å². The summed E-state index contributed by atoms with van der Waals surface area (Å²) >= 11 is 0. The topological polar surface area (TPSA) is 15.3 Å². The predicted molar refractivity (Wildman–Crippen MR) is 70.8 cm³/mol. The van der Waals surface area contributed by atoms with Gasteiger partial charge in [0.15, 0.2) is 0 Å². The second kappa shape index (κ2) is 4.79. The number of hydrogen-bond acceptors (Lipinski definition) is 2. The lowest BCUT2D eigenvalue weighted by molar-refractivity contribution is 0.269. The molecule has 0 amide bonds. The average molecular weight is 230 g/mol. The Morgan fingerprint density at radius 2 is 1.94 bits per heavy atom. The quantitative estimate of drug-likeness (QED) is 0.837. The molecular weight excluding hydrogens is 208 g/mol. The van der Waals surface area contributed by atoms with Gasteiger partial charge in [0.1, 0.15) is 0 Å². The molecule has 1 aromatic carbocycles. The van der Waals surface area contributed by atoms with Crippen molar-refractivity contribution >= 4 is 0 Å². The first-order valence-corrected chi connectivity index (χ1v) is 6.81. The van der Waals surface area contributed by atoms with Crippen molar-refractivity contribution in [3.8, 4) is 0 Å². The molecule has 92 valence electrons. The maximum Gasteiger partial charge on any atom is 0.0233 e. The molecule has 0 bridgehead atoms. The van der Waals surface area contributed by atoms with E-state index in [0.29, 0.717) is 6.04 Å². The third-order valence-corrected chi connectivity index (χ3v) is 4.29. The molecular formula is C15H22N2. The highest BCUT2D eigenvalue weighted by molar-refractivity contribution is 5.14. The van der Waals surface area contributed by atoms with Crippen LogP contribution in [-0.2, 0) is 6.54 Å². The van der Waals surface area contributed by atoms with Gasteiger partial charge in [0.25, 0.3) is 0 Å². The van der Waals surface area contributed by atoms with Crippen molar-refractivity contribution in [2.24, 2.45) is 11.8 Å². The van der Waals surface area contributed by atoms with Crippen molar-refractivity contribution in [3.05, 3.63) is 35.9 Å². The Morgan fingerprint density at radius 3 is 2.76 bits per heavy atom. The van der Waals surface area contributed by atoms with Gasteiger partial charge >= 0.3 is 0 Å². The fraction of sp³-hybridized carbons (Fsp3) is 0.600. The Hall–Kier alpha value is -0.860. The van der Waals surface area contributed by atoms with Crippen molar-refractivity contribution < 1.29 is 0 Å². The number of benzene rings is 1. The molecule has 2 nitrogen and oxygen atoms in total. The minimum atomic E-state index is 0.716. The van der Waals surface area contributed by atoms with Crippen LogP contribution in [0.5, 0.6) is 0 Å². The summed E-state index contributed by atoms with van der Waals surface area (Å²) in [6.45, 7) is 7.24. The number of fused-ring (bicyclic) bond motifs is 1. The molecule has 17 heavy (non-hydrogen) atoms. The summed E-state index contributed by atoms with van der Waals surface area (Å²) in [4.78, 5) is 2.63. The molecule has 0 aromatic heterocycles. The van der Waals surface area contributed by atoms with Crippen LogP contribution in [0.3, 0.4) is 0 Å². The van der Waals surface area contributed by atoms with Crippen LogP contribution in [0.2, 0.25) is 0 Å². The summed E-state index contributed by atoms with van der Waals surface area (Å²) in [5, 5.41) is 3.61. The van der Waals surface area contributed by atoms with E-state index in [1.807, 2.05) is 0 Å². The average Bonchev–Trinajstić information content (AvgIpc) is 2.71. The molecule has 2 saturated heterocycles. The van der Waals surface area contributed by atoms with Gasteiger partial charge in [-0.15, -0.1) is 0 Å². The summed E-state index contributed by atoms with van der Waals surface area (Å²) in [6, 6.07) is 11.6. The van der Waals surface area contributed by atoms with E-state index in [1.54, 1.807) is 0 Å². The van der Waals surface area contributed by atoms with Gasteiger partial charge in [-0.25, -0.2) is 0 Å². The minimum absolute atomic E-state index is 0.716. The number of nitrogens with one attached hydrogen (secondary N) is 1. The zero-order chi connectivity index (χ0) is 11.7. The Bertz CT molecular complexity index is 362. The lowest BCUT2D eigenvalue weighted by Gasteiger charge is -2.29. The van der Waals surface area contributed by atoms with Crippen LogP contribution in [0.15, 0.2) is 30.3 Å². The highest BCUT2D eigenvalue weighted by Gasteiger charge is 2.36. The number of rotatable bonds is 2. The first kappa shape index (κ1) is 11.2. The van der Waals surface area contributed by atoms with Gasteiger partial charge in [0, 0.05) is 25.7 Å². The third kappa shape index (κ3) is 2.53. The Kier molecular flexibility index (Phi) is 3.17. The molecule has 1 aromatic rings. The van der Waals surface area contributed by atoms with Gasteiger partial charge in [-0.2, -0.15) is 0 Å². The molecule has 0 unspecified atom stereocenters. The maximum absolute atomic E-state index is 3.61. The molecule has 2 fully saturated rings. The van der Waals surface area contributed by atoms with Crippen molar-refractivity contribution in [1.29, 1.82) is 0 Å². The van der Waals surface area contributed by atoms with Crippen molar-refractivity contribution in [2.45, 2.75) is 25.9 Å². The monoisotopic (exact) mass is 230 g/mol. The Morgan fingerprint density at radius 1 is 1.18 bits per heavy atom. The molecule has 2 heterocycles. The first-order chi connectivity index (χ1) is 8.31. The van der Waals surface area contributed by atoms with Gasteiger partial charge < -0.3 is 5.32 Å². The van der Waals surface area contributed by atoms with Crippen LogP contribution in [0, 0.1) is 11.8 Å². The van der Waals surface area contributed by atoms with Gasteiger partial charge in [0.05, 0.1) is 0 Å². The van der Waals surface area contributed by atoms with Crippen molar-refractivity contribution in [3.63, 3.8) is 0 Å². The number of nitrogens with zero attached hydrogens (tertiary/aromatic N) is 1. The second-order valence-corrected chi connectivity index (χ2v) is 5.74. The van der Waals surface area contributed by atoms with Crippen LogP contribution in [-0.4, -0.2) is 30.6 Å². The summed E-state index contributed by atoms with van der Waals surface area (Å²) in [6.07, 6.45) is 1.36. The van der Waals surface area contributed by atoms with Crippen LogP contribution >= 0.6 is 0 Å². The molecule has 0 spiro atoms. The lowest BCUT2D eigenvalue weighted by Crippen LogP contribution is -2.41. The van der Waals surface area contributed by atoms with E-state index in [2.05, 4.69) is 47.5 Å². The van der Waals surface area contributed by atoms with Gasteiger partial charge in [-0.1, -0.05) is 30.3 Å². The largest absolute Gasteiger partial charge is 0.314 e. The second-order valence-electron chi connectivity index (χ2n) is 5.74. The Labute approximate surface area is 104 Å². The lowest BCUT2D eigenvalue weighted by atomic mass is 9.86. The molecule has 3 atom stereocenters. The summed E-state index contributed by atoms with van der Waals surface area (Å²) < 4.78 is 0. The normalized spacial score (nSPS) is 33.6. The highest BCUT2D eigenvalue weighted by Crippen LogP contribution is 2.30.